The summed E-state index contributed by atoms with van der Waals surface area (Å²) in [4.78, 5) is 0. The molecule has 0 saturated heterocycles. The predicted octanol–water partition coefficient (Wildman–Crippen LogP) is 3.16. The summed E-state index contributed by atoms with van der Waals surface area (Å²) in [5, 5.41) is 13.0. The van der Waals surface area contributed by atoms with Crippen LogP contribution in [0.25, 0.3) is 6.08 Å². The lowest BCUT2D eigenvalue weighted by atomic mass is 10.1. The average Bonchev–Trinajstić information content (AvgIpc) is 2.48. The van der Waals surface area contributed by atoms with E-state index >= 15 is 0 Å². The molecule has 0 radical (unpaired) electrons. The molecular formula is C17H18FNO. The van der Waals surface area contributed by atoms with Crippen LogP contribution in [0.4, 0.5) is 4.39 Å². The standard InChI is InChI=1S/C17H18FNO/c18-16-11-5-4-10-15(16)17(20)13-19-12-6-9-14-7-2-1-3-8-14/h1-11,17,19-20H,12-13H2. The van der Waals surface area contributed by atoms with Crippen molar-refractivity contribution in [3.05, 3.63) is 77.6 Å². The second kappa shape index (κ2) is 7.58. The Morgan fingerprint density at radius 2 is 1.75 bits per heavy atom. The fourth-order valence-corrected chi connectivity index (χ4v) is 1.92. The Labute approximate surface area is 118 Å². The quantitative estimate of drug-likeness (QED) is 0.791. The van der Waals surface area contributed by atoms with E-state index in [0.29, 0.717) is 18.7 Å². The first-order chi connectivity index (χ1) is 9.77. The monoisotopic (exact) mass is 271 g/mol. The molecule has 0 bridgehead atoms. The van der Waals surface area contributed by atoms with Crippen molar-refractivity contribution in [1.29, 1.82) is 0 Å². The first-order valence-corrected chi connectivity index (χ1v) is 6.62. The van der Waals surface area contributed by atoms with Crippen LogP contribution in [0.2, 0.25) is 0 Å². The van der Waals surface area contributed by atoms with Crippen LogP contribution in [-0.2, 0) is 0 Å². The van der Waals surface area contributed by atoms with Crippen LogP contribution >= 0.6 is 0 Å². The van der Waals surface area contributed by atoms with Gasteiger partial charge in [-0.05, 0) is 11.6 Å². The second-order valence-corrected chi connectivity index (χ2v) is 4.51. The second-order valence-electron chi connectivity index (χ2n) is 4.51. The van der Waals surface area contributed by atoms with Gasteiger partial charge in [0.25, 0.3) is 0 Å². The Hall–Kier alpha value is -1.97. The van der Waals surface area contributed by atoms with E-state index in [1.807, 2.05) is 42.5 Å². The van der Waals surface area contributed by atoms with Crippen molar-refractivity contribution in [2.24, 2.45) is 0 Å². The van der Waals surface area contributed by atoms with Crippen LogP contribution in [0.1, 0.15) is 17.2 Å². The molecule has 0 heterocycles. The van der Waals surface area contributed by atoms with Crippen molar-refractivity contribution in [2.45, 2.75) is 6.10 Å². The smallest absolute Gasteiger partial charge is 0.129 e. The lowest BCUT2D eigenvalue weighted by Crippen LogP contribution is -2.22. The number of rotatable bonds is 6. The summed E-state index contributed by atoms with van der Waals surface area (Å²) in [6, 6.07) is 16.3. The highest BCUT2D eigenvalue weighted by atomic mass is 19.1. The molecule has 0 aromatic heterocycles. The fourth-order valence-electron chi connectivity index (χ4n) is 1.92. The number of aliphatic hydroxyl groups is 1. The zero-order valence-electron chi connectivity index (χ0n) is 11.2. The molecule has 0 fully saturated rings. The maximum absolute atomic E-state index is 13.4. The van der Waals surface area contributed by atoms with Crippen molar-refractivity contribution < 1.29 is 9.50 Å². The summed E-state index contributed by atoms with van der Waals surface area (Å²) in [6.45, 7) is 0.945. The molecule has 1 atom stereocenters. The maximum atomic E-state index is 13.4. The summed E-state index contributed by atoms with van der Waals surface area (Å²) in [6.07, 6.45) is 3.15. The summed E-state index contributed by atoms with van der Waals surface area (Å²) >= 11 is 0. The Morgan fingerprint density at radius 1 is 1.05 bits per heavy atom. The van der Waals surface area contributed by atoms with Crippen LogP contribution in [0.15, 0.2) is 60.7 Å². The van der Waals surface area contributed by atoms with Crippen molar-refractivity contribution in [3.63, 3.8) is 0 Å². The Bertz CT molecular complexity index is 554. The first-order valence-electron chi connectivity index (χ1n) is 6.62. The van der Waals surface area contributed by atoms with Crippen molar-refractivity contribution in [2.75, 3.05) is 13.1 Å². The van der Waals surface area contributed by atoms with E-state index in [1.54, 1.807) is 18.2 Å². The van der Waals surface area contributed by atoms with Crippen molar-refractivity contribution >= 4 is 6.08 Å². The summed E-state index contributed by atoms with van der Waals surface area (Å²) < 4.78 is 13.4. The molecule has 2 nitrogen and oxygen atoms in total. The highest BCUT2D eigenvalue weighted by Gasteiger charge is 2.10. The molecule has 0 spiro atoms. The van der Waals surface area contributed by atoms with E-state index < -0.39 is 6.10 Å². The highest BCUT2D eigenvalue weighted by Crippen LogP contribution is 2.15. The first kappa shape index (κ1) is 14.4. The van der Waals surface area contributed by atoms with Gasteiger partial charge in [0.05, 0.1) is 6.10 Å². The lowest BCUT2D eigenvalue weighted by molar-refractivity contribution is 0.171. The molecular weight excluding hydrogens is 253 g/mol. The molecule has 0 saturated carbocycles. The molecule has 1 unspecified atom stereocenters. The van der Waals surface area contributed by atoms with Gasteiger partial charge in [-0.25, -0.2) is 4.39 Å². The average molecular weight is 271 g/mol. The number of halogens is 1. The van der Waals surface area contributed by atoms with Crippen LogP contribution in [-0.4, -0.2) is 18.2 Å². The topological polar surface area (TPSA) is 32.3 Å². The largest absolute Gasteiger partial charge is 0.387 e. The van der Waals surface area contributed by atoms with E-state index in [1.165, 1.54) is 6.07 Å². The van der Waals surface area contributed by atoms with Gasteiger partial charge in [-0.3, -0.25) is 0 Å². The molecule has 2 rings (SSSR count). The minimum atomic E-state index is -0.832. The normalized spacial score (nSPS) is 12.7. The maximum Gasteiger partial charge on any atom is 0.129 e. The Balaban J connectivity index is 1.76. The van der Waals surface area contributed by atoms with Gasteiger partial charge in [-0.1, -0.05) is 60.7 Å². The fraction of sp³-hybridized carbons (Fsp3) is 0.176. The molecule has 2 aromatic rings. The molecule has 0 aliphatic carbocycles. The van der Waals surface area contributed by atoms with Crippen LogP contribution in [0.5, 0.6) is 0 Å². The van der Waals surface area contributed by atoms with Gasteiger partial charge in [-0.15, -0.1) is 0 Å². The molecule has 0 aliphatic heterocycles. The van der Waals surface area contributed by atoms with Gasteiger partial charge >= 0.3 is 0 Å². The minimum Gasteiger partial charge on any atom is -0.387 e. The Morgan fingerprint density at radius 3 is 2.50 bits per heavy atom. The third-order valence-electron chi connectivity index (χ3n) is 2.97. The zero-order valence-corrected chi connectivity index (χ0v) is 11.2. The third-order valence-corrected chi connectivity index (χ3v) is 2.97. The molecule has 3 heteroatoms. The molecule has 0 aliphatic rings. The highest BCUT2D eigenvalue weighted by molar-refractivity contribution is 5.48. The SMILES string of the molecule is OC(CNCC=Cc1ccccc1)c1ccccc1F. The van der Waals surface area contributed by atoms with Crippen LogP contribution in [0.3, 0.4) is 0 Å². The summed E-state index contributed by atoms with van der Waals surface area (Å²) in [7, 11) is 0. The molecule has 2 N–H and O–H groups in total. The zero-order chi connectivity index (χ0) is 14.2. The summed E-state index contributed by atoms with van der Waals surface area (Å²) in [5.74, 6) is -0.373. The number of hydrogen-bond acceptors (Lipinski definition) is 2. The molecule has 0 amide bonds. The van der Waals surface area contributed by atoms with Gasteiger partial charge in [0.15, 0.2) is 0 Å². The minimum absolute atomic E-state index is 0.320. The number of benzene rings is 2. The van der Waals surface area contributed by atoms with Gasteiger partial charge in [0, 0.05) is 18.7 Å². The Kier molecular flexibility index (Phi) is 5.47. The van der Waals surface area contributed by atoms with Crippen LogP contribution < -0.4 is 5.32 Å². The van der Waals surface area contributed by atoms with Crippen molar-refractivity contribution in [1.82, 2.24) is 5.32 Å². The van der Waals surface area contributed by atoms with Gasteiger partial charge in [0.2, 0.25) is 0 Å². The van der Waals surface area contributed by atoms with E-state index in [2.05, 4.69) is 5.32 Å². The van der Waals surface area contributed by atoms with E-state index in [4.69, 9.17) is 0 Å². The van der Waals surface area contributed by atoms with Gasteiger partial charge in [-0.2, -0.15) is 0 Å². The summed E-state index contributed by atoms with van der Waals surface area (Å²) in [5.41, 5.74) is 1.45. The lowest BCUT2D eigenvalue weighted by Gasteiger charge is -2.11. The number of aliphatic hydroxyl groups excluding tert-OH is 1. The number of hydrogen-bond donors (Lipinski definition) is 2. The van der Waals surface area contributed by atoms with E-state index in [0.717, 1.165) is 5.56 Å². The van der Waals surface area contributed by atoms with E-state index in [9.17, 15) is 9.50 Å². The molecule has 2 aromatic carbocycles. The molecule has 104 valence electrons. The van der Waals surface area contributed by atoms with Gasteiger partial charge in [0.1, 0.15) is 5.82 Å². The number of nitrogens with one attached hydrogen (secondary N) is 1. The van der Waals surface area contributed by atoms with Crippen molar-refractivity contribution in [3.8, 4) is 0 Å². The third kappa shape index (κ3) is 4.30. The van der Waals surface area contributed by atoms with Crippen LogP contribution in [0, 0.1) is 5.82 Å². The van der Waals surface area contributed by atoms with Gasteiger partial charge < -0.3 is 10.4 Å². The van der Waals surface area contributed by atoms with E-state index in [-0.39, 0.29) is 5.82 Å². The predicted molar refractivity (Wildman–Crippen MR) is 79.7 cm³/mol. The molecule has 20 heavy (non-hydrogen) atoms.